The topological polar surface area (TPSA) is 97.4 Å². The molecule has 0 aliphatic rings. The van der Waals surface area contributed by atoms with Crippen molar-refractivity contribution in [2.24, 2.45) is 0 Å². The predicted molar refractivity (Wildman–Crippen MR) is 65.0 cm³/mol. The average Bonchev–Trinajstić information content (AvgIpc) is 2.22. The lowest BCUT2D eigenvalue weighted by Gasteiger charge is -2.09. The van der Waals surface area contributed by atoms with E-state index in [0.717, 1.165) is 7.11 Å². The fourth-order valence-electron chi connectivity index (χ4n) is 0.816. The van der Waals surface area contributed by atoms with Gasteiger partial charge in [-0.05, 0) is 22.0 Å². The first-order chi connectivity index (χ1) is 7.84. The molecule has 1 rings (SSSR count). The number of pyridine rings is 1. The van der Waals surface area contributed by atoms with Crippen molar-refractivity contribution >= 4 is 49.5 Å². The Labute approximate surface area is 111 Å². The number of anilines is 1. The van der Waals surface area contributed by atoms with Gasteiger partial charge in [-0.2, -0.15) is 8.42 Å². The average molecular weight is 345 g/mol. The molecule has 0 radical (unpaired) electrons. The van der Waals surface area contributed by atoms with Crippen LogP contribution in [0.3, 0.4) is 0 Å². The number of carbonyl (C=O) groups excluding carboxylic acids is 1. The van der Waals surface area contributed by atoms with E-state index in [1.807, 2.05) is 4.72 Å². The summed E-state index contributed by atoms with van der Waals surface area (Å²) >= 11 is 8.77. The second-order valence-corrected chi connectivity index (χ2v) is 5.38. The minimum Gasteiger partial charge on any atom is -0.452 e. The molecular weight excluding hydrogens is 338 g/mol. The number of ether oxygens (including phenoxy) is 1. The van der Waals surface area contributed by atoms with Crippen molar-refractivity contribution in [2.45, 2.75) is 0 Å². The molecule has 1 aromatic rings. The van der Waals surface area contributed by atoms with Gasteiger partial charge in [-0.15, -0.1) is 0 Å². The van der Waals surface area contributed by atoms with Crippen molar-refractivity contribution in [1.29, 1.82) is 0 Å². The van der Waals surface area contributed by atoms with Crippen molar-refractivity contribution in [3.63, 3.8) is 0 Å². The molecule has 94 valence electrons. The Morgan fingerprint density at radius 2 is 2.24 bits per heavy atom. The lowest BCUT2D eigenvalue weighted by molar-refractivity contribution is 0.177. The van der Waals surface area contributed by atoms with Gasteiger partial charge < -0.3 is 4.74 Å². The molecule has 10 heteroatoms. The Morgan fingerprint density at radius 1 is 1.59 bits per heavy atom. The Hall–Kier alpha value is -1.06. The van der Waals surface area contributed by atoms with Gasteiger partial charge in [0.15, 0.2) is 5.15 Å². The van der Waals surface area contributed by atoms with E-state index >= 15 is 0 Å². The number of aromatic nitrogens is 1. The highest BCUT2D eigenvalue weighted by Gasteiger charge is 2.16. The van der Waals surface area contributed by atoms with Crippen LogP contribution in [-0.2, 0) is 14.9 Å². The molecule has 0 spiro atoms. The van der Waals surface area contributed by atoms with Crippen LogP contribution in [0, 0.1) is 0 Å². The van der Waals surface area contributed by atoms with Gasteiger partial charge in [0.25, 0.3) is 0 Å². The molecule has 17 heavy (non-hydrogen) atoms. The van der Waals surface area contributed by atoms with Crippen molar-refractivity contribution in [3.05, 3.63) is 21.9 Å². The monoisotopic (exact) mass is 343 g/mol. The van der Waals surface area contributed by atoms with Crippen LogP contribution in [-0.4, -0.2) is 26.6 Å². The number of nitrogens with zero attached hydrogens (tertiary/aromatic N) is 1. The molecule has 1 heterocycles. The summed E-state index contributed by atoms with van der Waals surface area (Å²) in [4.78, 5) is 14.5. The second-order valence-electron chi connectivity index (χ2n) is 2.69. The summed E-state index contributed by atoms with van der Waals surface area (Å²) in [6.45, 7) is 0. The molecule has 0 unspecified atom stereocenters. The lowest BCUT2D eigenvalue weighted by atomic mass is 10.4. The zero-order valence-electron chi connectivity index (χ0n) is 8.40. The van der Waals surface area contributed by atoms with E-state index < -0.39 is 16.3 Å². The maximum absolute atomic E-state index is 11.4. The molecule has 0 aromatic carbocycles. The predicted octanol–water partition coefficient (Wildman–Crippen LogP) is 1.51. The summed E-state index contributed by atoms with van der Waals surface area (Å²) in [6.07, 6.45) is 0.282. The Morgan fingerprint density at radius 3 is 2.82 bits per heavy atom. The van der Waals surface area contributed by atoms with Crippen LogP contribution in [0.1, 0.15) is 0 Å². The number of rotatable bonds is 3. The summed E-state index contributed by atoms with van der Waals surface area (Å²) < 4.78 is 31.1. The number of nitrogens with one attached hydrogen (secondary N) is 2. The first kappa shape index (κ1) is 14.0. The molecule has 0 atom stereocenters. The minimum atomic E-state index is -4.11. The standard InChI is InChI=1S/C7H7BrClN3O4S/c1-16-7(13)12-17(14,15)11-5-2-4(8)3-10-6(5)9/h2-3,11H,1H3,(H,12,13). The van der Waals surface area contributed by atoms with Crippen LogP contribution in [0.4, 0.5) is 10.5 Å². The zero-order chi connectivity index (χ0) is 13.1. The highest BCUT2D eigenvalue weighted by atomic mass is 79.9. The molecule has 0 fully saturated rings. The third-order valence-electron chi connectivity index (χ3n) is 1.45. The zero-order valence-corrected chi connectivity index (χ0v) is 11.6. The van der Waals surface area contributed by atoms with Crippen LogP contribution in [0.25, 0.3) is 0 Å². The largest absolute Gasteiger partial charge is 0.452 e. The summed E-state index contributed by atoms with van der Waals surface area (Å²) in [5.41, 5.74) is 0.0254. The number of carbonyl (C=O) groups is 1. The van der Waals surface area contributed by atoms with Gasteiger partial charge in [-0.25, -0.2) is 14.5 Å². The summed E-state index contributed by atoms with van der Waals surface area (Å²) in [5, 5.41) is -0.0524. The first-order valence-corrected chi connectivity index (χ1v) is 6.69. The lowest BCUT2D eigenvalue weighted by Crippen LogP contribution is -2.35. The molecule has 1 amide bonds. The van der Waals surface area contributed by atoms with Gasteiger partial charge in [0.1, 0.15) is 0 Å². The Kier molecular flexibility index (Phi) is 4.54. The van der Waals surface area contributed by atoms with Gasteiger partial charge >= 0.3 is 16.3 Å². The van der Waals surface area contributed by atoms with Gasteiger partial charge in [-0.3, -0.25) is 4.72 Å². The second kappa shape index (κ2) is 5.52. The van der Waals surface area contributed by atoms with Crippen molar-refractivity contribution in [1.82, 2.24) is 9.71 Å². The minimum absolute atomic E-state index is 0.0254. The molecule has 1 aromatic heterocycles. The molecule has 0 aliphatic heterocycles. The number of hydrogen-bond acceptors (Lipinski definition) is 5. The first-order valence-electron chi connectivity index (χ1n) is 4.03. The van der Waals surface area contributed by atoms with Crippen molar-refractivity contribution in [2.75, 3.05) is 11.8 Å². The summed E-state index contributed by atoms with van der Waals surface area (Å²) in [6, 6.07) is 1.39. The maximum atomic E-state index is 11.4. The smallest absolute Gasteiger partial charge is 0.422 e. The van der Waals surface area contributed by atoms with E-state index in [0.29, 0.717) is 4.47 Å². The third-order valence-corrected chi connectivity index (χ3v) is 3.11. The molecule has 2 N–H and O–H groups in total. The van der Waals surface area contributed by atoms with Crippen LogP contribution < -0.4 is 9.44 Å². The normalized spacial score (nSPS) is 10.8. The van der Waals surface area contributed by atoms with Crippen LogP contribution >= 0.6 is 27.5 Å². The van der Waals surface area contributed by atoms with Crippen molar-refractivity contribution in [3.8, 4) is 0 Å². The van der Waals surface area contributed by atoms with Crippen LogP contribution in [0.5, 0.6) is 0 Å². The summed E-state index contributed by atoms with van der Waals surface area (Å²) in [5.74, 6) is 0. The molecular formula is C7H7BrClN3O4S. The van der Waals surface area contributed by atoms with Crippen LogP contribution in [0.2, 0.25) is 5.15 Å². The molecule has 0 bridgehead atoms. The van der Waals surface area contributed by atoms with Gasteiger partial charge in [0.2, 0.25) is 0 Å². The Balaban J connectivity index is 2.90. The van der Waals surface area contributed by atoms with E-state index in [4.69, 9.17) is 11.6 Å². The van der Waals surface area contributed by atoms with Gasteiger partial charge in [0.05, 0.1) is 12.8 Å². The molecule has 0 aliphatic carbocycles. The molecule has 7 nitrogen and oxygen atoms in total. The number of methoxy groups -OCH3 is 1. The maximum Gasteiger partial charge on any atom is 0.422 e. The Bertz CT molecular complexity index is 536. The molecule has 0 saturated heterocycles. The number of halogens is 2. The highest BCUT2D eigenvalue weighted by molar-refractivity contribution is 9.10. The highest BCUT2D eigenvalue weighted by Crippen LogP contribution is 2.23. The van der Waals surface area contributed by atoms with E-state index in [9.17, 15) is 13.2 Å². The van der Waals surface area contributed by atoms with E-state index in [-0.39, 0.29) is 10.8 Å². The van der Waals surface area contributed by atoms with Crippen LogP contribution in [0.15, 0.2) is 16.7 Å². The number of amides is 1. The van der Waals surface area contributed by atoms with Gasteiger partial charge in [-0.1, -0.05) is 11.6 Å². The van der Waals surface area contributed by atoms with Gasteiger partial charge in [0, 0.05) is 10.7 Å². The van der Waals surface area contributed by atoms with E-state index in [1.165, 1.54) is 12.3 Å². The van der Waals surface area contributed by atoms with E-state index in [2.05, 4.69) is 25.7 Å². The molecule has 0 saturated carbocycles. The third kappa shape index (κ3) is 4.36. The summed E-state index contributed by atoms with van der Waals surface area (Å²) in [7, 11) is -3.06. The SMILES string of the molecule is COC(=O)NS(=O)(=O)Nc1cc(Br)cnc1Cl. The number of hydrogen-bond donors (Lipinski definition) is 2. The fourth-order valence-corrected chi connectivity index (χ4v) is 2.15. The van der Waals surface area contributed by atoms with E-state index in [1.54, 1.807) is 4.72 Å². The quantitative estimate of drug-likeness (QED) is 0.810. The van der Waals surface area contributed by atoms with Crippen molar-refractivity contribution < 1.29 is 17.9 Å². The fraction of sp³-hybridized carbons (Fsp3) is 0.143.